The second-order valence-corrected chi connectivity index (χ2v) is 4.90. The maximum atomic E-state index is 5.81. The van der Waals surface area contributed by atoms with E-state index in [0.717, 1.165) is 12.1 Å². The lowest BCUT2D eigenvalue weighted by molar-refractivity contribution is 0.731. The summed E-state index contributed by atoms with van der Waals surface area (Å²) in [6.07, 6.45) is 4.44. The fourth-order valence-electron chi connectivity index (χ4n) is 2.66. The molecule has 0 aliphatic heterocycles. The Hall–Kier alpha value is -2.43. The number of nitrogens with zero attached hydrogens (tertiary/aromatic N) is 4. The summed E-state index contributed by atoms with van der Waals surface area (Å²) < 4.78 is 2.12. The van der Waals surface area contributed by atoms with E-state index in [1.54, 1.807) is 0 Å². The number of nitrogens with two attached hydrogens (primary N) is 1. The third kappa shape index (κ3) is 1.58. The molecule has 19 heavy (non-hydrogen) atoms. The van der Waals surface area contributed by atoms with Gasteiger partial charge in [-0.3, -0.25) is 0 Å². The van der Waals surface area contributed by atoms with Crippen molar-refractivity contribution in [1.82, 2.24) is 19.5 Å². The molecule has 0 spiro atoms. The zero-order valence-electron chi connectivity index (χ0n) is 10.3. The summed E-state index contributed by atoms with van der Waals surface area (Å²) in [5, 5.41) is 0. The van der Waals surface area contributed by atoms with Crippen LogP contribution in [0.5, 0.6) is 0 Å². The maximum Gasteiger partial charge on any atom is 0.165 e. The summed E-state index contributed by atoms with van der Waals surface area (Å²) in [4.78, 5) is 12.6. The van der Waals surface area contributed by atoms with Crippen molar-refractivity contribution in [1.29, 1.82) is 0 Å². The third-order valence-corrected chi connectivity index (χ3v) is 3.73. The van der Waals surface area contributed by atoms with Gasteiger partial charge in [-0.1, -0.05) is 30.3 Å². The van der Waals surface area contributed by atoms with Crippen LogP contribution in [0, 0.1) is 0 Å². The topological polar surface area (TPSA) is 69.6 Å². The van der Waals surface area contributed by atoms with Crippen molar-refractivity contribution < 1.29 is 0 Å². The van der Waals surface area contributed by atoms with Crippen molar-refractivity contribution in [3.8, 4) is 0 Å². The molecule has 2 atom stereocenters. The average molecular weight is 251 g/mol. The summed E-state index contributed by atoms with van der Waals surface area (Å²) in [6.45, 7) is 0. The van der Waals surface area contributed by atoms with Crippen molar-refractivity contribution in [3.63, 3.8) is 0 Å². The first kappa shape index (κ1) is 10.5. The number of rotatable bonds is 2. The molecular weight excluding hydrogens is 238 g/mol. The Labute approximate surface area is 110 Å². The van der Waals surface area contributed by atoms with E-state index >= 15 is 0 Å². The van der Waals surface area contributed by atoms with Crippen LogP contribution in [0.4, 0.5) is 5.82 Å². The first-order valence-corrected chi connectivity index (χ1v) is 6.32. The normalized spacial score (nSPS) is 21.7. The molecule has 1 fully saturated rings. The summed E-state index contributed by atoms with van der Waals surface area (Å²) >= 11 is 0. The molecule has 1 aliphatic rings. The summed E-state index contributed by atoms with van der Waals surface area (Å²) in [5.41, 5.74) is 8.71. The quantitative estimate of drug-likeness (QED) is 0.757. The monoisotopic (exact) mass is 251 g/mol. The number of hydrogen-bond acceptors (Lipinski definition) is 4. The van der Waals surface area contributed by atoms with Crippen molar-refractivity contribution in [3.05, 3.63) is 48.5 Å². The molecule has 1 aromatic carbocycles. The molecule has 1 saturated carbocycles. The van der Waals surface area contributed by atoms with Crippen LogP contribution in [0.1, 0.15) is 23.9 Å². The van der Waals surface area contributed by atoms with Crippen LogP contribution >= 0.6 is 0 Å². The van der Waals surface area contributed by atoms with E-state index < -0.39 is 0 Å². The predicted octanol–water partition coefficient (Wildman–Crippen LogP) is 2.14. The minimum atomic E-state index is 0.432. The lowest BCUT2D eigenvalue weighted by atomic mass is 10.1. The highest BCUT2D eigenvalue weighted by molar-refractivity contribution is 5.81. The lowest BCUT2D eigenvalue weighted by Crippen LogP contribution is -1.98. The highest BCUT2D eigenvalue weighted by Gasteiger charge is 2.40. The number of aromatic nitrogens is 4. The van der Waals surface area contributed by atoms with Gasteiger partial charge in [-0.25, -0.2) is 15.0 Å². The van der Waals surface area contributed by atoms with Crippen LogP contribution in [-0.4, -0.2) is 19.5 Å². The van der Waals surface area contributed by atoms with Gasteiger partial charge < -0.3 is 10.3 Å². The molecular formula is C14H13N5. The van der Waals surface area contributed by atoms with Gasteiger partial charge in [0.15, 0.2) is 11.5 Å². The minimum Gasteiger partial charge on any atom is -0.382 e. The van der Waals surface area contributed by atoms with Gasteiger partial charge in [-0.05, 0) is 12.0 Å². The molecule has 2 N–H and O–H groups in total. The second kappa shape index (κ2) is 3.78. The number of fused-ring (bicyclic) bond motifs is 1. The Balaban J connectivity index is 1.72. The first-order chi connectivity index (χ1) is 9.34. The molecule has 0 bridgehead atoms. The summed E-state index contributed by atoms with van der Waals surface area (Å²) in [6, 6.07) is 11.0. The Morgan fingerprint density at radius 3 is 2.79 bits per heavy atom. The summed E-state index contributed by atoms with van der Waals surface area (Å²) in [5.74, 6) is 0.996. The highest BCUT2D eigenvalue weighted by atomic mass is 15.2. The third-order valence-electron chi connectivity index (χ3n) is 3.73. The van der Waals surface area contributed by atoms with Gasteiger partial charge in [0, 0.05) is 12.0 Å². The van der Waals surface area contributed by atoms with Gasteiger partial charge in [0.1, 0.15) is 11.8 Å². The standard InChI is InChI=1S/C14H13N5/c15-13-12-14(17-7-16-13)19(8-18-12)11-6-10(11)9-4-2-1-3-5-9/h1-5,7-8,10-11H,6H2,(H2,15,16,17)/t10-,11+/m1/s1. The Bertz CT molecular complexity index is 734. The van der Waals surface area contributed by atoms with E-state index in [4.69, 9.17) is 5.73 Å². The van der Waals surface area contributed by atoms with Gasteiger partial charge in [0.2, 0.25) is 0 Å². The zero-order chi connectivity index (χ0) is 12.8. The molecule has 0 amide bonds. The van der Waals surface area contributed by atoms with Crippen LogP contribution in [-0.2, 0) is 0 Å². The molecule has 94 valence electrons. The second-order valence-electron chi connectivity index (χ2n) is 4.90. The fourth-order valence-corrected chi connectivity index (χ4v) is 2.66. The summed E-state index contributed by atoms with van der Waals surface area (Å²) in [7, 11) is 0. The van der Waals surface area contributed by atoms with E-state index in [-0.39, 0.29) is 0 Å². The van der Waals surface area contributed by atoms with E-state index in [1.165, 1.54) is 11.9 Å². The van der Waals surface area contributed by atoms with Gasteiger partial charge in [0.05, 0.1) is 6.33 Å². The smallest absolute Gasteiger partial charge is 0.165 e. The number of anilines is 1. The predicted molar refractivity (Wildman–Crippen MR) is 72.6 cm³/mol. The molecule has 5 heteroatoms. The molecule has 5 nitrogen and oxygen atoms in total. The minimum absolute atomic E-state index is 0.432. The van der Waals surface area contributed by atoms with Crippen molar-refractivity contribution in [2.45, 2.75) is 18.4 Å². The maximum absolute atomic E-state index is 5.81. The molecule has 2 aromatic heterocycles. The SMILES string of the molecule is Nc1ncnc2c1ncn2[C@H]1C[C@@H]1c1ccccc1. The fraction of sp³-hybridized carbons (Fsp3) is 0.214. The highest BCUT2D eigenvalue weighted by Crippen LogP contribution is 2.52. The van der Waals surface area contributed by atoms with Crippen molar-refractivity contribution in [2.75, 3.05) is 5.73 Å². The number of nitrogen functional groups attached to an aromatic ring is 1. The molecule has 1 aliphatic carbocycles. The molecule has 0 saturated heterocycles. The Morgan fingerprint density at radius 1 is 1.11 bits per heavy atom. The molecule has 2 heterocycles. The number of benzene rings is 1. The van der Waals surface area contributed by atoms with E-state index in [2.05, 4.69) is 43.8 Å². The van der Waals surface area contributed by atoms with Crippen LogP contribution in [0.25, 0.3) is 11.2 Å². The van der Waals surface area contributed by atoms with Crippen LogP contribution in [0.15, 0.2) is 43.0 Å². The van der Waals surface area contributed by atoms with Crippen LogP contribution < -0.4 is 5.73 Å². The Kier molecular flexibility index (Phi) is 2.09. The van der Waals surface area contributed by atoms with Gasteiger partial charge in [-0.2, -0.15) is 0 Å². The molecule has 3 aromatic rings. The van der Waals surface area contributed by atoms with Gasteiger partial charge >= 0.3 is 0 Å². The number of imidazole rings is 1. The van der Waals surface area contributed by atoms with Crippen molar-refractivity contribution >= 4 is 17.0 Å². The average Bonchev–Trinajstić information content (AvgIpc) is 3.12. The van der Waals surface area contributed by atoms with E-state index in [9.17, 15) is 0 Å². The molecule has 0 radical (unpaired) electrons. The molecule has 4 rings (SSSR count). The van der Waals surface area contributed by atoms with Crippen LogP contribution in [0.3, 0.4) is 0 Å². The van der Waals surface area contributed by atoms with E-state index in [1.807, 2.05) is 12.4 Å². The van der Waals surface area contributed by atoms with Crippen LogP contribution in [0.2, 0.25) is 0 Å². The number of hydrogen-bond donors (Lipinski definition) is 1. The Morgan fingerprint density at radius 2 is 1.95 bits per heavy atom. The van der Waals surface area contributed by atoms with Gasteiger partial charge in [0.25, 0.3) is 0 Å². The zero-order valence-corrected chi connectivity index (χ0v) is 10.3. The largest absolute Gasteiger partial charge is 0.382 e. The van der Waals surface area contributed by atoms with Gasteiger partial charge in [-0.15, -0.1) is 0 Å². The van der Waals surface area contributed by atoms with E-state index in [0.29, 0.717) is 23.3 Å². The van der Waals surface area contributed by atoms with Crippen molar-refractivity contribution in [2.24, 2.45) is 0 Å². The first-order valence-electron chi connectivity index (χ1n) is 6.32. The molecule has 0 unspecified atom stereocenters. The lowest BCUT2D eigenvalue weighted by Gasteiger charge is -2.03.